The van der Waals surface area contributed by atoms with Crippen molar-refractivity contribution in [3.05, 3.63) is 11.0 Å². The first kappa shape index (κ1) is 8.25. The Morgan fingerprint density at radius 3 is 2.00 bits per heavy atom. The molecule has 0 N–H and O–H groups in total. The molecule has 0 aromatic rings. The SMILES string of the molecule is O=S1(=O)CC(C2=CCS2(=O)=O)C1. The first-order valence-corrected chi connectivity index (χ1v) is 7.01. The highest BCUT2D eigenvalue weighted by atomic mass is 32.2. The molecule has 2 aliphatic heterocycles. The molecular weight excluding hydrogens is 200 g/mol. The zero-order chi connectivity index (χ0) is 8.98. The number of hydrogen-bond donors (Lipinski definition) is 0. The van der Waals surface area contributed by atoms with Crippen molar-refractivity contribution >= 4 is 19.7 Å². The van der Waals surface area contributed by atoms with E-state index in [1.807, 2.05) is 0 Å². The molecule has 0 aromatic carbocycles. The Balaban J connectivity index is 2.18. The Labute approximate surface area is 71.1 Å². The molecule has 2 rings (SSSR count). The van der Waals surface area contributed by atoms with E-state index in [1.54, 1.807) is 6.08 Å². The van der Waals surface area contributed by atoms with E-state index in [2.05, 4.69) is 0 Å². The molecule has 0 bridgehead atoms. The summed E-state index contributed by atoms with van der Waals surface area (Å²) in [5, 5.41) is 0. The van der Waals surface area contributed by atoms with Crippen LogP contribution in [0.4, 0.5) is 0 Å². The highest BCUT2D eigenvalue weighted by Gasteiger charge is 2.43. The van der Waals surface area contributed by atoms with E-state index in [0.29, 0.717) is 4.91 Å². The summed E-state index contributed by atoms with van der Waals surface area (Å²) in [6.45, 7) is 0. The Hall–Kier alpha value is -0.360. The predicted molar refractivity (Wildman–Crippen MR) is 44.0 cm³/mol. The van der Waals surface area contributed by atoms with E-state index in [4.69, 9.17) is 0 Å². The molecule has 1 saturated heterocycles. The van der Waals surface area contributed by atoms with Crippen molar-refractivity contribution in [3.63, 3.8) is 0 Å². The van der Waals surface area contributed by atoms with E-state index in [-0.39, 0.29) is 23.2 Å². The fraction of sp³-hybridized carbons (Fsp3) is 0.667. The van der Waals surface area contributed by atoms with Crippen LogP contribution in [-0.2, 0) is 19.7 Å². The second-order valence-electron chi connectivity index (χ2n) is 3.16. The van der Waals surface area contributed by atoms with Crippen molar-refractivity contribution in [1.82, 2.24) is 0 Å². The number of rotatable bonds is 1. The highest BCUT2D eigenvalue weighted by molar-refractivity contribution is 7.97. The molecule has 12 heavy (non-hydrogen) atoms. The summed E-state index contributed by atoms with van der Waals surface area (Å²) in [6.07, 6.45) is 1.61. The first-order valence-electron chi connectivity index (χ1n) is 3.54. The van der Waals surface area contributed by atoms with Crippen LogP contribution >= 0.6 is 0 Å². The van der Waals surface area contributed by atoms with Gasteiger partial charge in [-0.2, -0.15) is 0 Å². The zero-order valence-electron chi connectivity index (χ0n) is 6.23. The molecule has 0 aromatic heterocycles. The molecule has 2 aliphatic rings. The number of allylic oxidation sites excluding steroid dienone is 1. The van der Waals surface area contributed by atoms with Crippen molar-refractivity contribution in [3.8, 4) is 0 Å². The van der Waals surface area contributed by atoms with E-state index in [1.165, 1.54) is 0 Å². The summed E-state index contributed by atoms with van der Waals surface area (Å²) in [6, 6.07) is 0. The molecular formula is C6H8O4S2. The number of sulfone groups is 2. The molecule has 4 nitrogen and oxygen atoms in total. The summed E-state index contributed by atoms with van der Waals surface area (Å²) in [5.74, 6) is -0.136. The molecule has 1 fully saturated rings. The molecule has 0 radical (unpaired) electrons. The second-order valence-corrected chi connectivity index (χ2v) is 7.35. The molecule has 0 aliphatic carbocycles. The van der Waals surface area contributed by atoms with Crippen molar-refractivity contribution < 1.29 is 16.8 Å². The van der Waals surface area contributed by atoms with Gasteiger partial charge in [0.05, 0.1) is 17.3 Å². The fourth-order valence-corrected chi connectivity index (χ4v) is 4.47. The lowest BCUT2D eigenvalue weighted by atomic mass is 10.2. The predicted octanol–water partition coefficient (Wildman–Crippen LogP) is -0.657. The summed E-state index contributed by atoms with van der Waals surface area (Å²) < 4.78 is 43.5. The van der Waals surface area contributed by atoms with Gasteiger partial charge >= 0.3 is 0 Å². The van der Waals surface area contributed by atoms with Crippen molar-refractivity contribution in [2.75, 3.05) is 17.3 Å². The van der Waals surface area contributed by atoms with Crippen LogP contribution in [0.5, 0.6) is 0 Å². The Morgan fingerprint density at radius 1 is 1.17 bits per heavy atom. The third kappa shape index (κ3) is 1.09. The van der Waals surface area contributed by atoms with Crippen LogP contribution in [0.15, 0.2) is 11.0 Å². The summed E-state index contributed by atoms with van der Waals surface area (Å²) in [4.78, 5) is 0.345. The average molecular weight is 208 g/mol. The Morgan fingerprint density at radius 2 is 1.75 bits per heavy atom. The molecule has 6 heteroatoms. The van der Waals surface area contributed by atoms with Gasteiger partial charge in [-0.25, -0.2) is 16.8 Å². The minimum absolute atomic E-state index is 0.0120. The van der Waals surface area contributed by atoms with Gasteiger partial charge in [0.25, 0.3) is 0 Å². The molecule has 0 saturated carbocycles. The van der Waals surface area contributed by atoms with Crippen LogP contribution < -0.4 is 0 Å². The molecule has 68 valence electrons. The van der Waals surface area contributed by atoms with Crippen molar-refractivity contribution in [1.29, 1.82) is 0 Å². The van der Waals surface area contributed by atoms with Gasteiger partial charge in [-0.1, -0.05) is 6.08 Å². The van der Waals surface area contributed by atoms with Gasteiger partial charge in [-0.3, -0.25) is 0 Å². The number of hydrogen-bond acceptors (Lipinski definition) is 4. The summed E-state index contributed by atoms with van der Waals surface area (Å²) in [5.41, 5.74) is 0. The highest BCUT2D eigenvalue weighted by Crippen LogP contribution is 2.34. The first-order chi connectivity index (χ1) is 5.41. The maximum atomic E-state index is 11.0. The third-order valence-electron chi connectivity index (χ3n) is 2.18. The van der Waals surface area contributed by atoms with E-state index >= 15 is 0 Å². The molecule has 2 heterocycles. The van der Waals surface area contributed by atoms with E-state index < -0.39 is 19.7 Å². The maximum absolute atomic E-state index is 11.0. The van der Waals surface area contributed by atoms with Gasteiger partial charge < -0.3 is 0 Å². The van der Waals surface area contributed by atoms with E-state index in [9.17, 15) is 16.8 Å². The molecule has 0 atom stereocenters. The fourth-order valence-electron chi connectivity index (χ4n) is 1.46. The quantitative estimate of drug-likeness (QED) is 0.574. The maximum Gasteiger partial charge on any atom is 0.178 e. The Kier molecular flexibility index (Phi) is 1.45. The lowest BCUT2D eigenvalue weighted by Crippen LogP contribution is -2.42. The van der Waals surface area contributed by atoms with Gasteiger partial charge in [0, 0.05) is 10.8 Å². The third-order valence-corrected chi connectivity index (χ3v) is 5.82. The van der Waals surface area contributed by atoms with Crippen LogP contribution in [-0.4, -0.2) is 34.1 Å². The normalized spacial score (nSPS) is 31.5. The van der Waals surface area contributed by atoms with Gasteiger partial charge in [0.1, 0.15) is 0 Å². The summed E-state index contributed by atoms with van der Waals surface area (Å²) >= 11 is 0. The van der Waals surface area contributed by atoms with Crippen LogP contribution in [0.3, 0.4) is 0 Å². The van der Waals surface area contributed by atoms with Gasteiger partial charge in [0.15, 0.2) is 19.7 Å². The minimum atomic E-state index is -3.04. The second kappa shape index (κ2) is 2.11. The topological polar surface area (TPSA) is 68.3 Å². The Bertz CT molecular complexity index is 428. The smallest absolute Gasteiger partial charge is 0.178 e. The zero-order valence-corrected chi connectivity index (χ0v) is 7.86. The monoisotopic (exact) mass is 208 g/mol. The van der Waals surface area contributed by atoms with E-state index in [0.717, 1.165) is 0 Å². The lowest BCUT2D eigenvalue weighted by Gasteiger charge is -2.31. The van der Waals surface area contributed by atoms with Crippen LogP contribution in [0.2, 0.25) is 0 Å². The van der Waals surface area contributed by atoms with Gasteiger partial charge in [0.2, 0.25) is 0 Å². The average Bonchev–Trinajstić information content (AvgIpc) is 1.81. The van der Waals surface area contributed by atoms with Gasteiger partial charge in [-0.05, 0) is 0 Å². The van der Waals surface area contributed by atoms with Gasteiger partial charge in [-0.15, -0.1) is 0 Å². The molecule has 0 unspecified atom stereocenters. The van der Waals surface area contributed by atoms with Crippen LogP contribution in [0, 0.1) is 5.92 Å². The van der Waals surface area contributed by atoms with Crippen molar-refractivity contribution in [2.24, 2.45) is 5.92 Å². The lowest BCUT2D eigenvalue weighted by molar-refractivity contribution is 0.548. The molecule has 0 spiro atoms. The van der Waals surface area contributed by atoms with Crippen LogP contribution in [0.1, 0.15) is 0 Å². The molecule has 0 amide bonds. The minimum Gasteiger partial charge on any atom is -0.229 e. The standard InChI is InChI=1S/C6H8O4S2/c7-11(8)3-5(4-11)6-1-2-12(6,9)10/h1,5H,2-4H2. The largest absolute Gasteiger partial charge is 0.229 e. The summed E-state index contributed by atoms with van der Waals surface area (Å²) in [7, 11) is -5.94. The van der Waals surface area contributed by atoms with Crippen molar-refractivity contribution in [2.45, 2.75) is 0 Å². The van der Waals surface area contributed by atoms with Crippen LogP contribution in [0.25, 0.3) is 0 Å².